The van der Waals surface area contributed by atoms with Gasteiger partial charge in [0.2, 0.25) is 5.95 Å². The van der Waals surface area contributed by atoms with E-state index in [1.807, 2.05) is 24.1 Å². The molecule has 0 unspecified atom stereocenters. The van der Waals surface area contributed by atoms with Crippen LogP contribution in [0.5, 0.6) is 0 Å². The number of aromatic nitrogens is 5. The third-order valence-electron chi connectivity index (χ3n) is 6.89. The molecule has 5 heterocycles. The van der Waals surface area contributed by atoms with Crippen LogP contribution in [0.25, 0.3) is 11.3 Å². The van der Waals surface area contributed by atoms with Crippen molar-refractivity contribution in [2.45, 2.75) is 44.1 Å². The van der Waals surface area contributed by atoms with Crippen molar-refractivity contribution in [3.05, 3.63) is 71.3 Å². The number of pyridine rings is 3. The Bertz CT molecular complexity index is 1650. The molecule has 196 valence electrons. The SMILES string of the molecule is N#Cc1cc2c(cn1)CN(c1ccc(N[C@H]3CC[C@H](Nc4nc5cc(C(F)(F)F)ccn5n4)C3)nc1)C2=C=O. The average Bonchev–Trinajstić information content (AvgIpc) is 3.64. The van der Waals surface area contributed by atoms with E-state index in [1.165, 1.54) is 10.7 Å². The Morgan fingerprint density at radius 1 is 1.05 bits per heavy atom. The standard InChI is InChI=1S/C26H20F3N9O/c27-26(28,29)16-5-6-38-24(7-16)35-25(36-38)34-18-2-1-17(8-18)33-23-4-3-20(12-32-23)37-13-15-11-31-19(10-30)9-21(15)22(37)14-39/h3-7,9,11-12,17-18H,1-2,8,13H2,(H,32,33)(H,34,36)/t17-,18-/m0/s1. The van der Waals surface area contributed by atoms with Gasteiger partial charge in [0.25, 0.3) is 0 Å². The highest BCUT2D eigenvalue weighted by molar-refractivity contribution is 5.98. The molecule has 0 radical (unpaired) electrons. The molecule has 0 aromatic carbocycles. The molecular formula is C26H20F3N9O. The molecule has 10 nitrogen and oxygen atoms in total. The maximum atomic E-state index is 13.0. The van der Waals surface area contributed by atoms with Crippen molar-refractivity contribution in [2.24, 2.45) is 0 Å². The van der Waals surface area contributed by atoms with Crippen LogP contribution in [0, 0.1) is 11.3 Å². The van der Waals surface area contributed by atoms with Gasteiger partial charge in [-0.05, 0) is 49.6 Å². The second-order valence-electron chi connectivity index (χ2n) is 9.42. The molecule has 1 aliphatic heterocycles. The Labute approximate surface area is 219 Å². The maximum Gasteiger partial charge on any atom is 0.416 e. The number of halogens is 3. The topological polar surface area (TPSA) is 124 Å². The predicted octanol–water partition coefficient (Wildman–Crippen LogP) is 4.05. The number of nitriles is 1. The summed E-state index contributed by atoms with van der Waals surface area (Å²) in [6.45, 7) is 0.428. The number of rotatable bonds is 5. The Kier molecular flexibility index (Phi) is 5.89. The van der Waals surface area contributed by atoms with Gasteiger partial charge >= 0.3 is 6.18 Å². The summed E-state index contributed by atoms with van der Waals surface area (Å²) in [5.74, 6) is 2.94. The van der Waals surface area contributed by atoms with Crippen molar-refractivity contribution in [1.82, 2.24) is 24.6 Å². The van der Waals surface area contributed by atoms with Crippen molar-refractivity contribution >= 4 is 34.7 Å². The van der Waals surface area contributed by atoms with Gasteiger partial charge in [-0.15, -0.1) is 5.10 Å². The fourth-order valence-corrected chi connectivity index (χ4v) is 5.00. The lowest BCUT2D eigenvalue weighted by molar-refractivity contribution is -0.137. The van der Waals surface area contributed by atoms with Crippen molar-refractivity contribution < 1.29 is 18.0 Å². The second kappa shape index (κ2) is 9.41. The Morgan fingerprint density at radius 3 is 2.59 bits per heavy atom. The zero-order valence-electron chi connectivity index (χ0n) is 20.3. The van der Waals surface area contributed by atoms with E-state index in [9.17, 15) is 18.0 Å². The number of fused-ring (bicyclic) bond motifs is 2. The molecule has 1 aliphatic carbocycles. The lowest BCUT2D eigenvalue weighted by Crippen LogP contribution is -2.21. The third-order valence-corrected chi connectivity index (χ3v) is 6.89. The third kappa shape index (κ3) is 4.73. The second-order valence-corrected chi connectivity index (χ2v) is 9.42. The zero-order valence-corrected chi connectivity index (χ0v) is 20.3. The van der Waals surface area contributed by atoms with Crippen molar-refractivity contribution in [3.8, 4) is 6.07 Å². The summed E-state index contributed by atoms with van der Waals surface area (Å²) in [5.41, 5.74) is 2.12. The lowest BCUT2D eigenvalue weighted by atomic mass is 10.1. The highest BCUT2D eigenvalue weighted by Gasteiger charge is 2.31. The molecule has 4 aromatic heterocycles. The largest absolute Gasteiger partial charge is 0.416 e. The summed E-state index contributed by atoms with van der Waals surface area (Å²) < 4.78 is 40.2. The minimum atomic E-state index is -4.44. The van der Waals surface area contributed by atoms with Crippen LogP contribution in [-0.2, 0) is 17.5 Å². The monoisotopic (exact) mass is 531 g/mol. The summed E-state index contributed by atoms with van der Waals surface area (Å²) in [7, 11) is 0. The summed E-state index contributed by atoms with van der Waals surface area (Å²) in [4.78, 5) is 26.3. The molecule has 1 saturated carbocycles. The van der Waals surface area contributed by atoms with Gasteiger partial charge in [0.05, 0.1) is 24.0 Å². The van der Waals surface area contributed by atoms with E-state index >= 15 is 0 Å². The summed E-state index contributed by atoms with van der Waals surface area (Å²) in [6, 6.07) is 9.40. The first-order valence-corrected chi connectivity index (χ1v) is 12.2. The van der Waals surface area contributed by atoms with E-state index < -0.39 is 11.7 Å². The molecule has 6 rings (SSSR count). The van der Waals surface area contributed by atoms with E-state index in [2.05, 4.69) is 30.7 Å². The molecule has 2 atom stereocenters. The molecule has 0 amide bonds. The number of carbonyl (C=O) groups excluding carboxylic acids is 1. The van der Waals surface area contributed by atoms with Crippen LogP contribution in [0.1, 0.15) is 41.6 Å². The molecule has 0 bridgehead atoms. The van der Waals surface area contributed by atoms with Crippen LogP contribution in [0.2, 0.25) is 0 Å². The molecular weight excluding hydrogens is 511 g/mol. The molecule has 1 fully saturated rings. The quantitative estimate of drug-likeness (QED) is 0.367. The van der Waals surface area contributed by atoms with Crippen molar-refractivity contribution in [3.63, 3.8) is 0 Å². The van der Waals surface area contributed by atoms with Crippen LogP contribution in [0.15, 0.2) is 48.9 Å². The maximum absolute atomic E-state index is 13.0. The summed E-state index contributed by atoms with van der Waals surface area (Å²) in [5, 5.41) is 20.0. The van der Waals surface area contributed by atoms with E-state index in [-0.39, 0.29) is 29.4 Å². The first-order chi connectivity index (χ1) is 18.8. The molecule has 0 saturated heterocycles. The van der Waals surface area contributed by atoms with Crippen LogP contribution in [0.4, 0.5) is 30.6 Å². The highest BCUT2D eigenvalue weighted by atomic mass is 19.4. The number of anilines is 3. The molecule has 2 aliphatic rings. The van der Waals surface area contributed by atoms with Crippen LogP contribution in [0.3, 0.4) is 0 Å². The van der Waals surface area contributed by atoms with E-state index in [4.69, 9.17) is 5.26 Å². The number of nitrogens with one attached hydrogen (secondary N) is 2. The Morgan fingerprint density at radius 2 is 1.87 bits per heavy atom. The smallest absolute Gasteiger partial charge is 0.367 e. The normalized spacial score (nSPS) is 18.6. The molecule has 0 spiro atoms. The summed E-state index contributed by atoms with van der Waals surface area (Å²) >= 11 is 0. The minimum absolute atomic E-state index is 0.0524. The van der Waals surface area contributed by atoms with E-state index in [0.717, 1.165) is 37.0 Å². The van der Waals surface area contributed by atoms with Crippen LogP contribution < -0.4 is 15.5 Å². The number of hydrogen-bond donors (Lipinski definition) is 2. The first-order valence-electron chi connectivity index (χ1n) is 12.2. The molecule has 39 heavy (non-hydrogen) atoms. The lowest BCUT2D eigenvalue weighted by Gasteiger charge is -2.19. The van der Waals surface area contributed by atoms with Gasteiger partial charge in [0.15, 0.2) is 11.6 Å². The predicted molar refractivity (Wildman–Crippen MR) is 135 cm³/mol. The molecule has 4 aromatic rings. The van der Waals surface area contributed by atoms with Gasteiger partial charge in [-0.3, -0.25) is 0 Å². The Hall–Kier alpha value is -4.95. The number of nitrogens with zero attached hydrogens (tertiary/aromatic N) is 7. The van der Waals surface area contributed by atoms with E-state index in [1.54, 1.807) is 23.4 Å². The number of hydrogen-bond acceptors (Lipinski definition) is 9. The highest BCUT2D eigenvalue weighted by Crippen LogP contribution is 2.35. The molecule has 2 N–H and O–H groups in total. The fraction of sp³-hybridized carbons (Fsp3) is 0.269. The molecule has 13 heteroatoms. The van der Waals surface area contributed by atoms with E-state index in [0.29, 0.717) is 29.3 Å². The fourth-order valence-electron chi connectivity index (χ4n) is 5.00. The number of alkyl halides is 3. The van der Waals surface area contributed by atoms with Crippen molar-refractivity contribution in [2.75, 3.05) is 15.5 Å². The van der Waals surface area contributed by atoms with Crippen LogP contribution >= 0.6 is 0 Å². The van der Waals surface area contributed by atoms with Gasteiger partial charge in [-0.2, -0.15) is 23.4 Å². The van der Waals surface area contributed by atoms with Crippen LogP contribution in [-0.4, -0.2) is 42.6 Å². The van der Waals surface area contributed by atoms with Crippen molar-refractivity contribution in [1.29, 1.82) is 5.26 Å². The van der Waals surface area contributed by atoms with Gasteiger partial charge in [-0.1, -0.05) is 0 Å². The Balaban J connectivity index is 1.08. The van der Waals surface area contributed by atoms with Gasteiger partial charge in [-0.25, -0.2) is 19.3 Å². The van der Waals surface area contributed by atoms with Gasteiger partial charge in [0.1, 0.15) is 23.3 Å². The van der Waals surface area contributed by atoms with Gasteiger partial charge in [0, 0.05) is 35.6 Å². The summed E-state index contributed by atoms with van der Waals surface area (Å²) in [6.07, 6.45) is 2.52. The first kappa shape index (κ1) is 24.4. The minimum Gasteiger partial charge on any atom is -0.367 e. The zero-order chi connectivity index (χ0) is 27.1. The van der Waals surface area contributed by atoms with Gasteiger partial charge < -0.3 is 15.5 Å². The average molecular weight is 532 g/mol.